The molecule has 0 aromatic carbocycles. The summed E-state index contributed by atoms with van der Waals surface area (Å²) in [7, 11) is 0. The monoisotopic (exact) mass is 210 g/mol. The fourth-order valence-corrected chi connectivity index (χ4v) is 1.84. The minimum atomic E-state index is 0.474. The molecule has 0 saturated carbocycles. The Morgan fingerprint density at radius 2 is 2.36 bits per heavy atom. The molecule has 2 N–H and O–H groups in total. The smallest absolute Gasteiger partial charge is 0.277 e. The number of thiazole rings is 1. The summed E-state index contributed by atoms with van der Waals surface area (Å²) in [5.41, 5.74) is 6.16. The summed E-state index contributed by atoms with van der Waals surface area (Å²) in [5.74, 6) is 1.09. The lowest BCUT2D eigenvalue weighted by Crippen LogP contribution is -2.01. The SMILES string of the molecule is Cc1noc(-c2csc(CCN)n2)n1. The quantitative estimate of drug-likeness (QED) is 0.817. The Morgan fingerprint density at radius 3 is 3.00 bits per heavy atom. The summed E-state index contributed by atoms with van der Waals surface area (Å²) in [6.45, 7) is 2.38. The van der Waals surface area contributed by atoms with Crippen molar-refractivity contribution in [1.82, 2.24) is 15.1 Å². The molecule has 0 aliphatic carbocycles. The fraction of sp³-hybridized carbons (Fsp3) is 0.375. The van der Waals surface area contributed by atoms with Crippen LogP contribution in [0.25, 0.3) is 11.6 Å². The minimum absolute atomic E-state index is 0.474. The molecule has 2 heterocycles. The lowest BCUT2D eigenvalue weighted by Gasteiger charge is -1.87. The molecule has 5 nitrogen and oxygen atoms in total. The van der Waals surface area contributed by atoms with Gasteiger partial charge in [-0.25, -0.2) is 4.98 Å². The predicted molar refractivity (Wildman–Crippen MR) is 52.9 cm³/mol. The standard InChI is InChI=1S/C8H10N4OS/c1-5-10-8(13-12-5)6-4-14-7(11-6)2-3-9/h4H,2-3,9H2,1H3. The van der Waals surface area contributed by atoms with Crippen LogP contribution in [0.3, 0.4) is 0 Å². The van der Waals surface area contributed by atoms with Gasteiger partial charge in [-0.05, 0) is 13.5 Å². The lowest BCUT2D eigenvalue weighted by molar-refractivity contribution is 0.424. The third-order valence-corrected chi connectivity index (χ3v) is 2.57. The molecule has 0 radical (unpaired) electrons. The molecular formula is C8H10N4OS. The lowest BCUT2D eigenvalue weighted by atomic mass is 10.4. The van der Waals surface area contributed by atoms with Gasteiger partial charge in [-0.15, -0.1) is 11.3 Å². The third-order valence-electron chi connectivity index (χ3n) is 1.66. The zero-order valence-corrected chi connectivity index (χ0v) is 8.54. The van der Waals surface area contributed by atoms with Crippen LogP contribution in [0.4, 0.5) is 0 Å². The average molecular weight is 210 g/mol. The second kappa shape index (κ2) is 3.85. The van der Waals surface area contributed by atoms with Crippen LogP contribution in [-0.2, 0) is 6.42 Å². The fourth-order valence-electron chi connectivity index (χ4n) is 1.05. The van der Waals surface area contributed by atoms with Gasteiger partial charge in [0.15, 0.2) is 5.82 Å². The van der Waals surface area contributed by atoms with Crippen LogP contribution in [0.5, 0.6) is 0 Å². The van der Waals surface area contributed by atoms with E-state index < -0.39 is 0 Å². The first-order chi connectivity index (χ1) is 6.79. The second-order valence-electron chi connectivity index (χ2n) is 2.81. The molecule has 14 heavy (non-hydrogen) atoms. The number of nitrogens with zero attached hydrogens (tertiary/aromatic N) is 3. The molecule has 0 fully saturated rings. The van der Waals surface area contributed by atoms with Crippen LogP contribution in [0.2, 0.25) is 0 Å². The molecular weight excluding hydrogens is 200 g/mol. The van der Waals surface area contributed by atoms with Crippen molar-refractivity contribution in [2.75, 3.05) is 6.54 Å². The summed E-state index contributed by atoms with van der Waals surface area (Å²) in [6, 6.07) is 0. The summed E-state index contributed by atoms with van der Waals surface area (Å²) < 4.78 is 4.99. The highest BCUT2D eigenvalue weighted by Crippen LogP contribution is 2.19. The van der Waals surface area contributed by atoms with Crippen LogP contribution in [0.1, 0.15) is 10.8 Å². The van der Waals surface area contributed by atoms with Crippen LogP contribution >= 0.6 is 11.3 Å². The number of aromatic nitrogens is 3. The maximum absolute atomic E-state index is 5.43. The van der Waals surface area contributed by atoms with Crippen molar-refractivity contribution < 1.29 is 4.52 Å². The minimum Gasteiger partial charge on any atom is -0.332 e. The molecule has 0 amide bonds. The van der Waals surface area contributed by atoms with Crippen molar-refractivity contribution in [1.29, 1.82) is 0 Å². The van der Waals surface area contributed by atoms with Gasteiger partial charge in [0.05, 0.1) is 5.01 Å². The van der Waals surface area contributed by atoms with E-state index in [9.17, 15) is 0 Å². The molecule has 0 unspecified atom stereocenters. The van der Waals surface area contributed by atoms with Gasteiger partial charge in [-0.3, -0.25) is 0 Å². The van der Waals surface area contributed by atoms with E-state index in [-0.39, 0.29) is 0 Å². The van der Waals surface area contributed by atoms with Gasteiger partial charge >= 0.3 is 0 Å². The van der Waals surface area contributed by atoms with Crippen molar-refractivity contribution >= 4 is 11.3 Å². The molecule has 0 saturated heterocycles. The zero-order chi connectivity index (χ0) is 9.97. The van der Waals surface area contributed by atoms with Crippen molar-refractivity contribution in [3.63, 3.8) is 0 Å². The Bertz CT molecular complexity index is 422. The first kappa shape index (κ1) is 9.29. The van der Waals surface area contributed by atoms with E-state index in [0.29, 0.717) is 18.3 Å². The van der Waals surface area contributed by atoms with E-state index in [4.69, 9.17) is 10.3 Å². The molecule has 0 atom stereocenters. The first-order valence-corrected chi connectivity index (χ1v) is 5.12. The molecule has 2 rings (SSSR count). The van der Waals surface area contributed by atoms with Gasteiger partial charge in [0.2, 0.25) is 0 Å². The van der Waals surface area contributed by atoms with Gasteiger partial charge in [-0.1, -0.05) is 5.16 Å². The molecule has 2 aromatic heterocycles. The molecule has 2 aromatic rings. The van der Waals surface area contributed by atoms with Crippen LogP contribution in [0, 0.1) is 6.92 Å². The molecule has 0 spiro atoms. The van der Waals surface area contributed by atoms with Gasteiger partial charge in [0.1, 0.15) is 5.69 Å². The normalized spacial score (nSPS) is 10.7. The number of hydrogen-bond donors (Lipinski definition) is 1. The topological polar surface area (TPSA) is 77.8 Å². The van der Waals surface area contributed by atoms with Crippen molar-refractivity contribution in [3.05, 3.63) is 16.2 Å². The van der Waals surface area contributed by atoms with Crippen LogP contribution in [-0.4, -0.2) is 21.7 Å². The Hall–Kier alpha value is -1.27. The van der Waals surface area contributed by atoms with Crippen molar-refractivity contribution in [3.8, 4) is 11.6 Å². The van der Waals surface area contributed by atoms with E-state index in [1.54, 1.807) is 18.3 Å². The van der Waals surface area contributed by atoms with E-state index in [1.807, 2.05) is 5.38 Å². The van der Waals surface area contributed by atoms with E-state index >= 15 is 0 Å². The van der Waals surface area contributed by atoms with Crippen molar-refractivity contribution in [2.24, 2.45) is 5.73 Å². The van der Waals surface area contributed by atoms with E-state index in [2.05, 4.69) is 15.1 Å². The average Bonchev–Trinajstić information content (AvgIpc) is 2.74. The third kappa shape index (κ3) is 1.80. The summed E-state index contributed by atoms with van der Waals surface area (Å²) in [6.07, 6.45) is 0.789. The van der Waals surface area contributed by atoms with E-state index in [0.717, 1.165) is 17.1 Å². The van der Waals surface area contributed by atoms with Crippen LogP contribution < -0.4 is 5.73 Å². The molecule has 6 heteroatoms. The molecule has 0 aliphatic rings. The van der Waals surface area contributed by atoms with Crippen molar-refractivity contribution in [2.45, 2.75) is 13.3 Å². The zero-order valence-electron chi connectivity index (χ0n) is 7.73. The summed E-state index contributed by atoms with van der Waals surface area (Å²) >= 11 is 1.56. The predicted octanol–water partition coefficient (Wildman–Crippen LogP) is 1.00. The summed E-state index contributed by atoms with van der Waals surface area (Å²) in [5, 5.41) is 6.60. The van der Waals surface area contributed by atoms with Gasteiger partial charge in [0, 0.05) is 11.8 Å². The van der Waals surface area contributed by atoms with Gasteiger partial charge in [-0.2, -0.15) is 4.98 Å². The summed E-state index contributed by atoms with van der Waals surface area (Å²) in [4.78, 5) is 8.42. The number of aryl methyl sites for hydroxylation is 1. The highest BCUT2D eigenvalue weighted by atomic mass is 32.1. The Labute approximate surface area is 85.0 Å². The largest absolute Gasteiger partial charge is 0.332 e. The maximum atomic E-state index is 5.43. The Kier molecular flexibility index (Phi) is 2.55. The van der Waals surface area contributed by atoms with E-state index in [1.165, 1.54) is 0 Å². The molecule has 74 valence electrons. The molecule has 0 bridgehead atoms. The van der Waals surface area contributed by atoms with Gasteiger partial charge in [0.25, 0.3) is 5.89 Å². The highest BCUT2D eigenvalue weighted by molar-refractivity contribution is 7.09. The molecule has 0 aliphatic heterocycles. The Morgan fingerprint density at radius 1 is 1.50 bits per heavy atom. The number of nitrogens with two attached hydrogens (primary N) is 1. The number of hydrogen-bond acceptors (Lipinski definition) is 6. The Balaban J connectivity index is 2.24. The first-order valence-electron chi connectivity index (χ1n) is 4.25. The second-order valence-corrected chi connectivity index (χ2v) is 3.75. The van der Waals surface area contributed by atoms with Gasteiger partial charge < -0.3 is 10.3 Å². The maximum Gasteiger partial charge on any atom is 0.277 e. The van der Waals surface area contributed by atoms with Crippen LogP contribution in [0.15, 0.2) is 9.90 Å². The highest BCUT2D eigenvalue weighted by Gasteiger charge is 2.10. The number of rotatable bonds is 3.